The van der Waals surface area contributed by atoms with Crippen LogP contribution in [0.4, 0.5) is 0 Å². The Morgan fingerprint density at radius 1 is 1.40 bits per heavy atom. The van der Waals surface area contributed by atoms with Crippen molar-refractivity contribution in [1.82, 2.24) is 0 Å². The monoisotopic (exact) mass is 199 g/mol. The molecule has 1 aromatic carbocycles. The fourth-order valence-corrected chi connectivity index (χ4v) is 2.12. The molecular weight excluding hydrogens is 186 g/mol. The molecule has 0 atom stereocenters. The maximum absolute atomic E-state index is 9.01. The third-order valence-electron chi connectivity index (χ3n) is 2.78. The van der Waals surface area contributed by atoms with Crippen LogP contribution in [0.5, 0.6) is 0 Å². The first-order valence-electron chi connectivity index (χ1n) is 5.11. The molecule has 0 N–H and O–H groups in total. The molecule has 0 radical (unpaired) electrons. The molecule has 1 aromatic rings. The Morgan fingerprint density at radius 2 is 2.27 bits per heavy atom. The highest BCUT2D eigenvalue weighted by Gasteiger charge is 2.16. The van der Waals surface area contributed by atoms with E-state index >= 15 is 0 Å². The maximum atomic E-state index is 9.01. The first-order valence-corrected chi connectivity index (χ1v) is 5.11. The number of methoxy groups -OCH3 is 1. The second kappa shape index (κ2) is 4.18. The van der Waals surface area contributed by atoms with E-state index < -0.39 is 0 Å². The number of nitriles is 1. The van der Waals surface area contributed by atoms with Crippen molar-refractivity contribution >= 4 is 5.57 Å². The summed E-state index contributed by atoms with van der Waals surface area (Å²) in [5.74, 6) is 0. The van der Waals surface area contributed by atoms with Crippen molar-refractivity contribution in [2.75, 3.05) is 7.11 Å². The van der Waals surface area contributed by atoms with E-state index in [1.807, 2.05) is 12.1 Å². The van der Waals surface area contributed by atoms with Crippen molar-refractivity contribution in [3.8, 4) is 6.07 Å². The van der Waals surface area contributed by atoms with Gasteiger partial charge in [-0.25, -0.2) is 0 Å². The second-order valence-electron chi connectivity index (χ2n) is 3.68. The SMILES string of the molecule is CO/C=C1/CCCc2c(C#N)cccc21. The summed E-state index contributed by atoms with van der Waals surface area (Å²) in [7, 11) is 1.66. The van der Waals surface area contributed by atoms with Crippen molar-refractivity contribution < 1.29 is 4.74 Å². The van der Waals surface area contributed by atoms with E-state index in [1.54, 1.807) is 13.4 Å². The van der Waals surface area contributed by atoms with Crippen molar-refractivity contribution in [3.05, 3.63) is 41.2 Å². The first-order chi connectivity index (χ1) is 7.36. The van der Waals surface area contributed by atoms with Crippen LogP contribution in [0.2, 0.25) is 0 Å². The average molecular weight is 199 g/mol. The zero-order valence-electron chi connectivity index (χ0n) is 8.79. The minimum absolute atomic E-state index is 0.800. The molecule has 0 fully saturated rings. The van der Waals surface area contributed by atoms with Gasteiger partial charge in [-0.05, 0) is 42.0 Å². The van der Waals surface area contributed by atoms with E-state index in [9.17, 15) is 0 Å². The van der Waals surface area contributed by atoms with Gasteiger partial charge in [0.25, 0.3) is 0 Å². The lowest BCUT2D eigenvalue weighted by molar-refractivity contribution is 0.338. The zero-order chi connectivity index (χ0) is 10.7. The predicted octanol–water partition coefficient (Wildman–Crippen LogP) is 2.88. The lowest BCUT2D eigenvalue weighted by Gasteiger charge is -2.19. The van der Waals surface area contributed by atoms with Crippen LogP contribution < -0.4 is 0 Å². The molecule has 0 heterocycles. The van der Waals surface area contributed by atoms with Crippen LogP contribution in [0.25, 0.3) is 5.57 Å². The molecule has 76 valence electrons. The van der Waals surface area contributed by atoms with Crippen LogP contribution in [0, 0.1) is 11.3 Å². The van der Waals surface area contributed by atoms with Gasteiger partial charge in [0, 0.05) is 0 Å². The smallest absolute Gasteiger partial charge is 0.0994 e. The van der Waals surface area contributed by atoms with E-state index in [0.717, 1.165) is 24.8 Å². The van der Waals surface area contributed by atoms with E-state index in [1.165, 1.54) is 16.7 Å². The highest BCUT2D eigenvalue weighted by Crippen LogP contribution is 2.32. The normalized spacial score (nSPS) is 16.9. The van der Waals surface area contributed by atoms with Crippen molar-refractivity contribution in [2.45, 2.75) is 19.3 Å². The molecule has 0 saturated carbocycles. The number of hydrogen-bond donors (Lipinski definition) is 0. The third-order valence-corrected chi connectivity index (χ3v) is 2.78. The average Bonchev–Trinajstić information content (AvgIpc) is 2.29. The summed E-state index contributed by atoms with van der Waals surface area (Å²) in [6.07, 6.45) is 4.93. The summed E-state index contributed by atoms with van der Waals surface area (Å²) in [5.41, 5.74) is 4.36. The summed E-state index contributed by atoms with van der Waals surface area (Å²) < 4.78 is 5.07. The molecular formula is C13H13NO. The summed E-state index contributed by atoms with van der Waals surface area (Å²) >= 11 is 0. The lowest BCUT2D eigenvalue weighted by atomic mass is 9.85. The molecule has 2 heteroatoms. The molecule has 1 aliphatic rings. The van der Waals surface area contributed by atoms with Crippen LogP contribution in [-0.2, 0) is 11.2 Å². The zero-order valence-corrected chi connectivity index (χ0v) is 8.79. The first kappa shape index (κ1) is 9.79. The molecule has 0 amide bonds. The van der Waals surface area contributed by atoms with Gasteiger partial charge in [-0.2, -0.15) is 5.26 Å². The Morgan fingerprint density at radius 3 is 3.00 bits per heavy atom. The minimum Gasteiger partial charge on any atom is -0.504 e. The van der Waals surface area contributed by atoms with Crippen LogP contribution in [0.15, 0.2) is 24.5 Å². The number of rotatable bonds is 1. The molecule has 15 heavy (non-hydrogen) atoms. The fraction of sp³-hybridized carbons (Fsp3) is 0.308. The Hall–Kier alpha value is -1.75. The van der Waals surface area contributed by atoms with E-state index in [4.69, 9.17) is 10.00 Å². The van der Waals surface area contributed by atoms with Gasteiger partial charge in [-0.3, -0.25) is 0 Å². The van der Waals surface area contributed by atoms with Gasteiger partial charge in [0.15, 0.2) is 0 Å². The molecule has 0 aliphatic heterocycles. The van der Waals surface area contributed by atoms with E-state index in [2.05, 4.69) is 12.1 Å². The minimum atomic E-state index is 0.800. The molecule has 0 spiro atoms. The van der Waals surface area contributed by atoms with Crippen LogP contribution >= 0.6 is 0 Å². The Balaban J connectivity index is 2.54. The topological polar surface area (TPSA) is 33.0 Å². The molecule has 2 nitrogen and oxygen atoms in total. The number of fused-ring (bicyclic) bond motifs is 1. The largest absolute Gasteiger partial charge is 0.504 e. The lowest BCUT2D eigenvalue weighted by Crippen LogP contribution is -2.04. The van der Waals surface area contributed by atoms with Gasteiger partial charge in [-0.15, -0.1) is 0 Å². The Bertz CT molecular complexity index is 440. The summed E-state index contributed by atoms with van der Waals surface area (Å²) in [6, 6.07) is 8.14. The van der Waals surface area contributed by atoms with Gasteiger partial charge in [-0.1, -0.05) is 12.1 Å². The molecule has 2 rings (SSSR count). The fourth-order valence-electron chi connectivity index (χ4n) is 2.12. The molecule has 0 aromatic heterocycles. The van der Waals surface area contributed by atoms with Crippen LogP contribution in [0.1, 0.15) is 29.5 Å². The Labute approximate surface area is 89.8 Å². The molecule has 1 aliphatic carbocycles. The van der Waals surface area contributed by atoms with Gasteiger partial charge >= 0.3 is 0 Å². The van der Waals surface area contributed by atoms with Gasteiger partial charge < -0.3 is 4.74 Å². The quantitative estimate of drug-likeness (QED) is 0.651. The Kier molecular flexibility index (Phi) is 2.73. The molecule has 0 unspecified atom stereocenters. The van der Waals surface area contributed by atoms with E-state index in [0.29, 0.717) is 0 Å². The number of hydrogen-bond acceptors (Lipinski definition) is 2. The van der Waals surface area contributed by atoms with Gasteiger partial charge in [0.05, 0.1) is 25.0 Å². The predicted molar refractivity (Wildman–Crippen MR) is 59.1 cm³/mol. The van der Waals surface area contributed by atoms with Gasteiger partial charge in [0.2, 0.25) is 0 Å². The number of nitrogens with zero attached hydrogens (tertiary/aromatic N) is 1. The van der Waals surface area contributed by atoms with Crippen molar-refractivity contribution in [3.63, 3.8) is 0 Å². The highest BCUT2D eigenvalue weighted by molar-refractivity contribution is 5.71. The maximum Gasteiger partial charge on any atom is 0.0994 e. The third kappa shape index (κ3) is 1.73. The summed E-state index contributed by atoms with van der Waals surface area (Å²) in [4.78, 5) is 0. The van der Waals surface area contributed by atoms with Crippen molar-refractivity contribution in [1.29, 1.82) is 5.26 Å². The highest BCUT2D eigenvalue weighted by atomic mass is 16.5. The number of allylic oxidation sites excluding steroid dienone is 1. The number of ether oxygens (including phenoxy) is 1. The molecule has 0 saturated heterocycles. The summed E-state index contributed by atoms with van der Waals surface area (Å²) in [5, 5.41) is 9.01. The van der Waals surface area contributed by atoms with E-state index in [-0.39, 0.29) is 0 Å². The molecule has 0 bridgehead atoms. The van der Waals surface area contributed by atoms with Crippen LogP contribution in [-0.4, -0.2) is 7.11 Å². The van der Waals surface area contributed by atoms with Crippen LogP contribution in [0.3, 0.4) is 0 Å². The summed E-state index contributed by atoms with van der Waals surface area (Å²) in [6.45, 7) is 0. The second-order valence-corrected chi connectivity index (χ2v) is 3.68. The van der Waals surface area contributed by atoms with Crippen molar-refractivity contribution in [2.24, 2.45) is 0 Å². The number of benzene rings is 1. The van der Waals surface area contributed by atoms with Gasteiger partial charge in [0.1, 0.15) is 0 Å². The standard InChI is InChI=1S/C13H13NO/c1-15-9-11-5-3-6-12-10(8-14)4-2-7-13(11)12/h2,4,7,9H,3,5-6H2,1H3/b11-9-.